The van der Waals surface area contributed by atoms with Crippen molar-refractivity contribution in [1.82, 2.24) is 0 Å². The molecule has 0 fully saturated rings. The average molecular weight is 328 g/mol. The van der Waals surface area contributed by atoms with Crippen LogP contribution in [0.1, 0.15) is 45.2 Å². The Morgan fingerprint density at radius 2 is 2.21 bits per heavy atom. The second kappa shape index (κ2) is 5.08. The molecule has 1 aromatic rings. The fraction of sp³-hybridized carbons (Fsp3) is 0.600. The summed E-state index contributed by atoms with van der Waals surface area (Å²) >= 11 is 3.48. The van der Waals surface area contributed by atoms with Crippen LogP contribution in [-0.2, 0) is 4.74 Å². The molecule has 19 heavy (non-hydrogen) atoms. The zero-order valence-corrected chi connectivity index (χ0v) is 13.6. The summed E-state index contributed by atoms with van der Waals surface area (Å²) in [6, 6.07) is 6.01. The van der Waals surface area contributed by atoms with Crippen molar-refractivity contribution in [2.75, 3.05) is 7.11 Å². The molecule has 0 amide bonds. The molecule has 1 aliphatic heterocycles. The Kier molecular flexibility index (Phi) is 3.96. The first-order valence-electron chi connectivity index (χ1n) is 6.54. The molecule has 1 unspecified atom stereocenters. The molecule has 4 heteroatoms. The van der Waals surface area contributed by atoms with Crippen LogP contribution in [0, 0.1) is 0 Å². The zero-order valence-electron chi connectivity index (χ0n) is 12.0. The third kappa shape index (κ3) is 3.30. The highest BCUT2D eigenvalue weighted by molar-refractivity contribution is 9.10. The van der Waals surface area contributed by atoms with Gasteiger partial charge in [-0.3, -0.25) is 0 Å². The van der Waals surface area contributed by atoms with Crippen molar-refractivity contribution in [3.63, 3.8) is 0 Å². The van der Waals surface area contributed by atoms with E-state index >= 15 is 0 Å². The van der Waals surface area contributed by atoms with Crippen LogP contribution in [0.25, 0.3) is 0 Å². The number of rotatable bonds is 3. The lowest BCUT2D eigenvalue weighted by atomic mass is 9.82. The predicted molar refractivity (Wildman–Crippen MR) is 80.4 cm³/mol. The summed E-state index contributed by atoms with van der Waals surface area (Å²) in [5.41, 5.74) is 6.87. The maximum absolute atomic E-state index is 6.31. The Bertz CT molecular complexity index is 475. The summed E-state index contributed by atoms with van der Waals surface area (Å²) in [4.78, 5) is 0. The number of benzene rings is 1. The molecule has 1 heterocycles. The number of hydrogen-bond donors (Lipinski definition) is 1. The molecule has 0 saturated heterocycles. The summed E-state index contributed by atoms with van der Waals surface area (Å²) < 4.78 is 12.8. The molecule has 0 radical (unpaired) electrons. The molecule has 0 aliphatic carbocycles. The Labute approximate surface area is 123 Å². The summed E-state index contributed by atoms with van der Waals surface area (Å²) in [7, 11) is 1.73. The molecule has 2 N–H and O–H groups in total. The van der Waals surface area contributed by atoms with Gasteiger partial charge in [-0.25, -0.2) is 0 Å². The maximum Gasteiger partial charge on any atom is 0.124 e. The summed E-state index contributed by atoms with van der Waals surface area (Å²) in [6.45, 7) is 6.26. The van der Waals surface area contributed by atoms with Crippen LogP contribution in [0.4, 0.5) is 0 Å². The van der Waals surface area contributed by atoms with Crippen LogP contribution in [0.2, 0.25) is 0 Å². The van der Waals surface area contributed by atoms with Gasteiger partial charge in [0.2, 0.25) is 0 Å². The first kappa shape index (κ1) is 14.8. The van der Waals surface area contributed by atoms with Crippen LogP contribution in [0.3, 0.4) is 0 Å². The predicted octanol–water partition coefficient (Wildman–Crippen LogP) is 3.81. The van der Waals surface area contributed by atoms with Crippen molar-refractivity contribution >= 4 is 15.9 Å². The number of methoxy groups -OCH3 is 1. The smallest absolute Gasteiger partial charge is 0.124 e. The van der Waals surface area contributed by atoms with E-state index in [0.29, 0.717) is 0 Å². The van der Waals surface area contributed by atoms with E-state index in [0.717, 1.165) is 28.6 Å². The Morgan fingerprint density at radius 3 is 2.84 bits per heavy atom. The van der Waals surface area contributed by atoms with Gasteiger partial charge in [0, 0.05) is 36.0 Å². The van der Waals surface area contributed by atoms with Crippen LogP contribution in [0.15, 0.2) is 22.7 Å². The van der Waals surface area contributed by atoms with Gasteiger partial charge in [0.05, 0.1) is 5.60 Å². The molecule has 2 atom stereocenters. The quantitative estimate of drug-likeness (QED) is 0.918. The van der Waals surface area contributed by atoms with E-state index in [-0.39, 0.29) is 17.2 Å². The van der Waals surface area contributed by atoms with E-state index in [2.05, 4.69) is 36.7 Å². The zero-order chi connectivity index (χ0) is 14.3. The van der Waals surface area contributed by atoms with Crippen molar-refractivity contribution in [2.24, 2.45) is 5.73 Å². The minimum absolute atomic E-state index is 0.00101. The van der Waals surface area contributed by atoms with Crippen molar-refractivity contribution in [2.45, 2.75) is 50.9 Å². The molecule has 2 rings (SSSR count). The Morgan fingerprint density at radius 1 is 1.53 bits per heavy atom. The van der Waals surface area contributed by atoms with Crippen LogP contribution >= 0.6 is 15.9 Å². The molecule has 0 saturated carbocycles. The molecular formula is C15H22BrNO2. The van der Waals surface area contributed by atoms with E-state index in [1.807, 2.05) is 18.2 Å². The monoisotopic (exact) mass is 327 g/mol. The van der Waals surface area contributed by atoms with Gasteiger partial charge in [-0.2, -0.15) is 0 Å². The highest BCUT2D eigenvalue weighted by Crippen LogP contribution is 2.42. The molecule has 106 valence electrons. The van der Waals surface area contributed by atoms with E-state index in [9.17, 15) is 0 Å². The SMILES string of the molecule is COC(C)(C)CC1(C)C[C@@H](N)c2cc(Br)ccc2O1. The van der Waals surface area contributed by atoms with Gasteiger partial charge in [0.15, 0.2) is 0 Å². The largest absolute Gasteiger partial charge is 0.487 e. The lowest BCUT2D eigenvalue weighted by molar-refractivity contribution is -0.0580. The Hall–Kier alpha value is -0.580. The van der Waals surface area contributed by atoms with Crippen molar-refractivity contribution in [1.29, 1.82) is 0 Å². The molecule has 0 bridgehead atoms. The normalized spacial score (nSPS) is 26.7. The molecular weight excluding hydrogens is 306 g/mol. The van der Waals surface area contributed by atoms with Crippen LogP contribution in [-0.4, -0.2) is 18.3 Å². The first-order valence-corrected chi connectivity index (χ1v) is 7.33. The number of ether oxygens (including phenoxy) is 2. The van der Waals surface area contributed by atoms with Crippen molar-refractivity contribution in [3.8, 4) is 5.75 Å². The van der Waals surface area contributed by atoms with Crippen LogP contribution < -0.4 is 10.5 Å². The fourth-order valence-corrected chi connectivity index (χ4v) is 3.24. The number of halogens is 1. The van der Waals surface area contributed by atoms with E-state index in [1.54, 1.807) is 7.11 Å². The number of fused-ring (bicyclic) bond motifs is 1. The van der Waals surface area contributed by atoms with Gasteiger partial charge in [-0.15, -0.1) is 0 Å². The van der Waals surface area contributed by atoms with Gasteiger partial charge in [0.25, 0.3) is 0 Å². The third-order valence-corrected chi connectivity index (χ3v) is 4.22. The summed E-state index contributed by atoms with van der Waals surface area (Å²) in [6.07, 6.45) is 1.60. The number of nitrogens with two attached hydrogens (primary N) is 1. The van der Waals surface area contributed by atoms with Crippen molar-refractivity contribution < 1.29 is 9.47 Å². The van der Waals surface area contributed by atoms with Gasteiger partial charge in [-0.1, -0.05) is 15.9 Å². The second-order valence-electron chi connectivity index (χ2n) is 6.19. The molecule has 1 aliphatic rings. The minimum atomic E-state index is -0.292. The van der Waals surface area contributed by atoms with Gasteiger partial charge in [-0.05, 0) is 39.0 Å². The van der Waals surface area contributed by atoms with Gasteiger partial charge in [0.1, 0.15) is 11.4 Å². The third-order valence-electron chi connectivity index (χ3n) is 3.73. The minimum Gasteiger partial charge on any atom is -0.487 e. The molecule has 0 aromatic heterocycles. The number of hydrogen-bond acceptors (Lipinski definition) is 3. The lowest BCUT2D eigenvalue weighted by Gasteiger charge is -2.42. The summed E-state index contributed by atoms with van der Waals surface area (Å²) in [5.74, 6) is 0.886. The van der Waals surface area contributed by atoms with Gasteiger partial charge >= 0.3 is 0 Å². The molecule has 3 nitrogen and oxygen atoms in total. The molecule has 1 aromatic carbocycles. The van der Waals surface area contributed by atoms with Crippen LogP contribution in [0.5, 0.6) is 5.75 Å². The standard InChI is InChI=1S/C15H22BrNO2/c1-14(2,18-4)9-15(3)8-12(17)11-7-10(16)5-6-13(11)19-15/h5-7,12H,8-9,17H2,1-4H3/t12-,15?/m1/s1. The van der Waals surface area contributed by atoms with Gasteiger partial charge < -0.3 is 15.2 Å². The highest BCUT2D eigenvalue weighted by Gasteiger charge is 2.40. The Balaban J connectivity index is 2.27. The fourth-order valence-electron chi connectivity index (χ4n) is 2.87. The van der Waals surface area contributed by atoms with E-state index in [1.165, 1.54) is 0 Å². The topological polar surface area (TPSA) is 44.5 Å². The highest BCUT2D eigenvalue weighted by atomic mass is 79.9. The summed E-state index contributed by atoms with van der Waals surface area (Å²) in [5, 5.41) is 0. The maximum atomic E-state index is 6.31. The van der Waals surface area contributed by atoms with E-state index < -0.39 is 0 Å². The second-order valence-corrected chi connectivity index (χ2v) is 7.10. The molecule has 0 spiro atoms. The lowest BCUT2D eigenvalue weighted by Crippen LogP contribution is -2.45. The first-order chi connectivity index (χ1) is 8.75. The van der Waals surface area contributed by atoms with E-state index in [4.69, 9.17) is 15.2 Å². The average Bonchev–Trinajstić information content (AvgIpc) is 2.29. The van der Waals surface area contributed by atoms with Crippen molar-refractivity contribution in [3.05, 3.63) is 28.2 Å².